The Labute approximate surface area is 175 Å². The highest BCUT2D eigenvalue weighted by Crippen LogP contribution is 2.41. The first kappa shape index (κ1) is 18.4. The number of thiazole rings is 1. The van der Waals surface area contributed by atoms with Gasteiger partial charge in [0.1, 0.15) is 6.33 Å². The Bertz CT molecular complexity index is 1160. The average Bonchev–Trinajstić information content (AvgIpc) is 3.55. The zero-order valence-corrected chi connectivity index (χ0v) is 16.6. The lowest BCUT2D eigenvalue weighted by Crippen LogP contribution is -2.22. The van der Waals surface area contributed by atoms with Gasteiger partial charge in [-0.15, -0.1) is 0 Å². The summed E-state index contributed by atoms with van der Waals surface area (Å²) < 4.78 is 5.36. The Kier molecular flexibility index (Phi) is 4.72. The van der Waals surface area contributed by atoms with Gasteiger partial charge in [0.2, 0.25) is 0 Å². The molecule has 1 atom stereocenters. The number of aliphatic carboxylic acids is 1. The van der Waals surface area contributed by atoms with Crippen LogP contribution in [0.3, 0.4) is 0 Å². The standard InChI is InChI=1S/C21H17N5O3S/c27-20(28)15-5-6-26(10-15)21-25-18(19(30-21)16-7-22-11-23-8-16)14-3-1-13(2-4-14)17-9-24-12-29-17/h1-4,7-9,11-12,15H,5-6,10H2,(H,27,28). The molecule has 8 nitrogen and oxygen atoms in total. The van der Waals surface area contributed by atoms with Gasteiger partial charge in [-0.3, -0.25) is 4.79 Å². The van der Waals surface area contributed by atoms with Gasteiger partial charge in [-0.2, -0.15) is 0 Å². The predicted octanol–water partition coefficient (Wildman–Crippen LogP) is 3.83. The second kappa shape index (κ2) is 7.68. The minimum Gasteiger partial charge on any atom is -0.481 e. The number of carboxylic acids is 1. The molecule has 9 heteroatoms. The smallest absolute Gasteiger partial charge is 0.308 e. The van der Waals surface area contributed by atoms with Crippen LogP contribution in [0.1, 0.15) is 6.42 Å². The fraction of sp³-hybridized carbons (Fsp3) is 0.190. The molecule has 0 saturated carbocycles. The number of carboxylic acid groups (broad SMARTS) is 1. The molecule has 1 aromatic carbocycles. The molecule has 30 heavy (non-hydrogen) atoms. The van der Waals surface area contributed by atoms with Crippen molar-refractivity contribution in [3.63, 3.8) is 0 Å². The van der Waals surface area contributed by atoms with Crippen LogP contribution in [0.4, 0.5) is 5.13 Å². The third kappa shape index (κ3) is 3.43. The molecule has 0 aliphatic carbocycles. The highest BCUT2D eigenvalue weighted by atomic mass is 32.1. The molecule has 3 aromatic heterocycles. The Morgan fingerprint density at radius 2 is 1.83 bits per heavy atom. The molecular formula is C21H17N5O3S. The zero-order valence-electron chi connectivity index (χ0n) is 15.8. The van der Waals surface area contributed by atoms with E-state index in [1.807, 2.05) is 29.2 Å². The number of aromatic nitrogens is 4. The molecule has 0 radical (unpaired) electrons. The van der Waals surface area contributed by atoms with Crippen molar-refractivity contribution in [1.82, 2.24) is 19.9 Å². The summed E-state index contributed by atoms with van der Waals surface area (Å²) in [5.74, 6) is -0.412. The van der Waals surface area contributed by atoms with Gasteiger partial charge in [-0.05, 0) is 6.42 Å². The van der Waals surface area contributed by atoms with Gasteiger partial charge in [0.15, 0.2) is 17.3 Å². The zero-order chi connectivity index (χ0) is 20.5. The van der Waals surface area contributed by atoms with Crippen LogP contribution < -0.4 is 4.90 Å². The van der Waals surface area contributed by atoms with Crippen LogP contribution in [0.2, 0.25) is 0 Å². The summed E-state index contributed by atoms with van der Waals surface area (Å²) in [6.07, 6.45) is 8.73. The highest BCUT2D eigenvalue weighted by molar-refractivity contribution is 7.19. The van der Waals surface area contributed by atoms with Crippen LogP contribution >= 0.6 is 11.3 Å². The van der Waals surface area contributed by atoms with E-state index in [1.165, 1.54) is 24.1 Å². The van der Waals surface area contributed by atoms with E-state index in [1.54, 1.807) is 18.6 Å². The number of anilines is 1. The van der Waals surface area contributed by atoms with E-state index in [9.17, 15) is 9.90 Å². The average molecular weight is 419 g/mol. The van der Waals surface area contributed by atoms with Crippen LogP contribution in [0.15, 0.2) is 60.0 Å². The molecule has 1 N–H and O–H groups in total. The maximum absolute atomic E-state index is 11.4. The Hall–Kier alpha value is -3.59. The van der Waals surface area contributed by atoms with Gasteiger partial charge in [0.25, 0.3) is 0 Å². The SMILES string of the molecule is O=C(O)C1CCN(c2nc(-c3ccc(-c4cnco4)cc3)c(-c3cncnc3)s2)C1. The normalized spacial score (nSPS) is 16.1. The van der Waals surface area contributed by atoms with Crippen molar-refractivity contribution in [1.29, 1.82) is 0 Å². The summed E-state index contributed by atoms with van der Waals surface area (Å²) in [6, 6.07) is 7.93. The van der Waals surface area contributed by atoms with Crippen molar-refractivity contribution >= 4 is 22.4 Å². The fourth-order valence-electron chi connectivity index (χ4n) is 3.54. The first-order valence-corrected chi connectivity index (χ1v) is 10.2. The Morgan fingerprint density at radius 3 is 2.50 bits per heavy atom. The number of oxazole rings is 1. The number of rotatable bonds is 5. The van der Waals surface area contributed by atoms with E-state index in [2.05, 4.69) is 15.0 Å². The summed E-state index contributed by atoms with van der Waals surface area (Å²) in [5.41, 5.74) is 3.59. The summed E-state index contributed by atoms with van der Waals surface area (Å²) in [6.45, 7) is 1.15. The topological polar surface area (TPSA) is 105 Å². The lowest BCUT2D eigenvalue weighted by atomic mass is 10.1. The molecule has 1 aliphatic heterocycles. The second-order valence-corrected chi connectivity index (χ2v) is 7.99. The van der Waals surface area contributed by atoms with Crippen LogP contribution in [0.25, 0.3) is 33.0 Å². The molecule has 0 amide bonds. The minimum absolute atomic E-state index is 0.359. The molecule has 4 heterocycles. The van der Waals surface area contributed by atoms with Crippen molar-refractivity contribution in [2.45, 2.75) is 6.42 Å². The molecule has 0 spiro atoms. The molecule has 1 unspecified atom stereocenters. The van der Waals surface area contributed by atoms with Gasteiger partial charge in [-0.1, -0.05) is 35.6 Å². The summed E-state index contributed by atoms with van der Waals surface area (Å²) in [4.78, 5) is 31.5. The van der Waals surface area contributed by atoms with Gasteiger partial charge < -0.3 is 14.4 Å². The lowest BCUT2D eigenvalue weighted by Gasteiger charge is -2.13. The second-order valence-electron chi connectivity index (χ2n) is 7.01. The predicted molar refractivity (Wildman–Crippen MR) is 112 cm³/mol. The fourth-order valence-corrected chi connectivity index (χ4v) is 4.64. The monoisotopic (exact) mass is 419 g/mol. The van der Waals surface area contributed by atoms with E-state index in [0.717, 1.165) is 32.4 Å². The number of benzene rings is 1. The molecule has 0 bridgehead atoms. The van der Waals surface area contributed by atoms with E-state index in [-0.39, 0.29) is 5.92 Å². The van der Waals surface area contributed by atoms with Crippen molar-refractivity contribution in [3.8, 4) is 33.0 Å². The largest absolute Gasteiger partial charge is 0.481 e. The van der Waals surface area contributed by atoms with Gasteiger partial charge in [-0.25, -0.2) is 19.9 Å². The lowest BCUT2D eigenvalue weighted by molar-refractivity contribution is -0.140. The van der Waals surface area contributed by atoms with Crippen molar-refractivity contribution < 1.29 is 14.3 Å². The summed E-state index contributed by atoms with van der Waals surface area (Å²) in [7, 11) is 0. The first-order valence-electron chi connectivity index (χ1n) is 9.42. The molecule has 5 rings (SSSR count). The number of carbonyl (C=O) groups is 1. The highest BCUT2D eigenvalue weighted by Gasteiger charge is 2.30. The van der Waals surface area contributed by atoms with Crippen molar-refractivity contribution in [2.75, 3.05) is 18.0 Å². The van der Waals surface area contributed by atoms with Crippen LogP contribution in [0, 0.1) is 5.92 Å². The van der Waals surface area contributed by atoms with Crippen LogP contribution in [0.5, 0.6) is 0 Å². The van der Waals surface area contributed by atoms with Gasteiger partial charge in [0, 0.05) is 42.2 Å². The quantitative estimate of drug-likeness (QED) is 0.520. The summed E-state index contributed by atoms with van der Waals surface area (Å²) >= 11 is 1.53. The number of hydrogen-bond acceptors (Lipinski definition) is 8. The number of nitrogens with zero attached hydrogens (tertiary/aromatic N) is 5. The van der Waals surface area contributed by atoms with Crippen molar-refractivity contribution in [3.05, 3.63) is 55.6 Å². The molecular weight excluding hydrogens is 402 g/mol. The Balaban J connectivity index is 1.53. The first-order chi connectivity index (χ1) is 14.7. The maximum Gasteiger partial charge on any atom is 0.308 e. The molecule has 1 fully saturated rings. The molecule has 1 saturated heterocycles. The molecule has 4 aromatic rings. The van der Waals surface area contributed by atoms with E-state index >= 15 is 0 Å². The molecule has 1 aliphatic rings. The maximum atomic E-state index is 11.4. The van der Waals surface area contributed by atoms with Gasteiger partial charge in [0.05, 0.1) is 22.7 Å². The van der Waals surface area contributed by atoms with Gasteiger partial charge >= 0.3 is 5.97 Å². The van der Waals surface area contributed by atoms with E-state index < -0.39 is 5.97 Å². The molecule has 150 valence electrons. The third-order valence-electron chi connectivity index (χ3n) is 5.12. The third-order valence-corrected chi connectivity index (χ3v) is 6.29. The van der Waals surface area contributed by atoms with E-state index in [0.29, 0.717) is 25.3 Å². The van der Waals surface area contributed by atoms with Crippen LogP contribution in [-0.4, -0.2) is 44.1 Å². The van der Waals surface area contributed by atoms with E-state index in [4.69, 9.17) is 9.40 Å². The minimum atomic E-state index is -0.756. The summed E-state index contributed by atoms with van der Waals surface area (Å²) in [5, 5.41) is 10.1. The van der Waals surface area contributed by atoms with Crippen molar-refractivity contribution in [2.24, 2.45) is 5.92 Å². The van der Waals surface area contributed by atoms with Crippen LogP contribution in [-0.2, 0) is 4.79 Å². The Morgan fingerprint density at radius 1 is 1.07 bits per heavy atom. The number of hydrogen-bond donors (Lipinski definition) is 1.